The largest absolute Gasteiger partial charge is 0.478 e. The quantitative estimate of drug-likeness (QED) is 0.897. The maximum absolute atomic E-state index is 13.8. The molecule has 0 fully saturated rings. The van der Waals surface area contributed by atoms with Crippen LogP contribution in [0.4, 0.5) is 10.1 Å². The van der Waals surface area contributed by atoms with Crippen molar-refractivity contribution in [3.63, 3.8) is 0 Å². The highest BCUT2D eigenvalue weighted by atomic mass is 35.5. The van der Waals surface area contributed by atoms with Crippen LogP contribution in [0.15, 0.2) is 41.6 Å². The lowest BCUT2D eigenvalue weighted by molar-refractivity contribution is 0.0696. The normalized spacial score (nSPS) is 11.1. The van der Waals surface area contributed by atoms with Gasteiger partial charge in [0.05, 0.1) is 22.5 Å². The number of nitrogens with one attached hydrogen (secondary N) is 1. The minimum Gasteiger partial charge on any atom is -0.478 e. The van der Waals surface area contributed by atoms with Gasteiger partial charge in [-0.2, -0.15) is 0 Å². The van der Waals surface area contributed by atoms with Crippen LogP contribution in [0.2, 0.25) is 5.02 Å². The summed E-state index contributed by atoms with van der Waals surface area (Å²) in [5.74, 6) is -2.54. The second-order valence-electron chi connectivity index (χ2n) is 3.91. The molecule has 21 heavy (non-hydrogen) atoms. The summed E-state index contributed by atoms with van der Waals surface area (Å²) in [6.45, 7) is 0. The second kappa shape index (κ2) is 5.66. The number of carboxylic acids is 1. The van der Waals surface area contributed by atoms with E-state index in [0.717, 1.165) is 12.1 Å². The molecule has 0 aliphatic heterocycles. The van der Waals surface area contributed by atoms with Gasteiger partial charge in [0.1, 0.15) is 10.7 Å². The standard InChI is InChI=1S/C12H8ClFN2O4S/c13-8-3-4-15-6-10(8)16-21(19,20)11-2-1-7(12(17)18)5-9(11)14/h1-6,16H,(H,17,18). The van der Waals surface area contributed by atoms with E-state index in [9.17, 15) is 17.6 Å². The number of rotatable bonds is 4. The number of anilines is 1. The summed E-state index contributed by atoms with van der Waals surface area (Å²) < 4.78 is 40.0. The monoisotopic (exact) mass is 330 g/mol. The van der Waals surface area contributed by atoms with Gasteiger partial charge in [-0.15, -0.1) is 0 Å². The highest BCUT2D eigenvalue weighted by Crippen LogP contribution is 2.24. The molecule has 1 aromatic carbocycles. The Labute approximate surface area is 124 Å². The topological polar surface area (TPSA) is 96.4 Å². The zero-order valence-corrected chi connectivity index (χ0v) is 11.8. The number of nitrogens with zero attached hydrogens (tertiary/aromatic N) is 1. The number of carboxylic acid groups (broad SMARTS) is 1. The molecule has 0 bridgehead atoms. The Kier molecular flexibility index (Phi) is 4.10. The van der Waals surface area contributed by atoms with Crippen LogP contribution in [-0.2, 0) is 10.0 Å². The molecule has 0 spiro atoms. The Bertz CT molecular complexity index is 811. The molecule has 2 rings (SSSR count). The lowest BCUT2D eigenvalue weighted by atomic mass is 10.2. The molecule has 0 saturated heterocycles. The number of hydrogen-bond acceptors (Lipinski definition) is 4. The molecule has 0 radical (unpaired) electrons. The van der Waals surface area contributed by atoms with Gasteiger partial charge in [-0.25, -0.2) is 17.6 Å². The predicted molar refractivity (Wildman–Crippen MR) is 73.4 cm³/mol. The molecule has 1 heterocycles. The highest BCUT2D eigenvalue weighted by molar-refractivity contribution is 7.92. The summed E-state index contributed by atoms with van der Waals surface area (Å²) in [7, 11) is -4.25. The maximum atomic E-state index is 13.8. The first-order valence-corrected chi connectivity index (χ1v) is 7.32. The van der Waals surface area contributed by atoms with Crippen molar-refractivity contribution in [1.82, 2.24) is 4.98 Å². The average Bonchev–Trinajstić information content (AvgIpc) is 2.40. The molecular formula is C12H8ClFN2O4S. The fraction of sp³-hybridized carbons (Fsp3) is 0. The van der Waals surface area contributed by atoms with Crippen molar-refractivity contribution in [2.24, 2.45) is 0 Å². The third kappa shape index (κ3) is 3.29. The number of aromatic carboxylic acids is 1. The van der Waals surface area contributed by atoms with Crippen LogP contribution in [0.25, 0.3) is 0 Å². The molecule has 9 heteroatoms. The SMILES string of the molecule is O=C(O)c1ccc(S(=O)(=O)Nc2cnccc2Cl)c(F)c1. The summed E-state index contributed by atoms with van der Waals surface area (Å²) in [6, 6.07) is 3.85. The van der Waals surface area contributed by atoms with E-state index in [-0.39, 0.29) is 16.3 Å². The molecule has 2 aromatic rings. The zero-order valence-electron chi connectivity index (χ0n) is 10.2. The van der Waals surface area contributed by atoms with Crippen LogP contribution in [-0.4, -0.2) is 24.5 Å². The van der Waals surface area contributed by atoms with E-state index in [2.05, 4.69) is 9.71 Å². The molecule has 2 N–H and O–H groups in total. The van der Waals surface area contributed by atoms with Crippen LogP contribution >= 0.6 is 11.6 Å². The van der Waals surface area contributed by atoms with Crippen molar-refractivity contribution in [1.29, 1.82) is 0 Å². The number of carbonyl (C=O) groups is 1. The van der Waals surface area contributed by atoms with Gasteiger partial charge < -0.3 is 5.11 Å². The summed E-state index contributed by atoms with van der Waals surface area (Å²) in [5.41, 5.74) is -0.369. The van der Waals surface area contributed by atoms with E-state index in [1.807, 2.05) is 0 Å². The molecule has 0 unspecified atom stereocenters. The van der Waals surface area contributed by atoms with Crippen molar-refractivity contribution in [3.05, 3.63) is 53.1 Å². The van der Waals surface area contributed by atoms with Gasteiger partial charge in [0.15, 0.2) is 0 Å². The van der Waals surface area contributed by atoms with Gasteiger partial charge in [0, 0.05) is 6.20 Å². The molecule has 0 aliphatic carbocycles. The Morgan fingerprint density at radius 3 is 2.62 bits per heavy atom. The first-order valence-electron chi connectivity index (χ1n) is 5.46. The lowest BCUT2D eigenvalue weighted by Gasteiger charge is -2.10. The van der Waals surface area contributed by atoms with Crippen LogP contribution in [0.1, 0.15) is 10.4 Å². The number of halogens is 2. The van der Waals surface area contributed by atoms with Gasteiger partial charge in [0.2, 0.25) is 0 Å². The molecule has 0 amide bonds. The summed E-state index contributed by atoms with van der Waals surface area (Å²) in [5, 5.41) is 8.81. The first kappa shape index (κ1) is 15.2. The number of hydrogen-bond donors (Lipinski definition) is 2. The molecule has 1 aromatic heterocycles. The minimum absolute atomic E-state index is 0.0131. The summed E-state index contributed by atoms with van der Waals surface area (Å²) >= 11 is 5.79. The number of pyridine rings is 1. The highest BCUT2D eigenvalue weighted by Gasteiger charge is 2.21. The van der Waals surface area contributed by atoms with E-state index in [1.165, 1.54) is 18.5 Å². The molecule has 0 atom stereocenters. The molecule has 0 saturated carbocycles. The lowest BCUT2D eigenvalue weighted by Crippen LogP contribution is -2.15. The van der Waals surface area contributed by atoms with Crippen LogP contribution in [0.3, 0.4) is 0 Å². The van der Waals surface area contributed by atoms with Crippen LogP contribution < -0.4 is 4.72 Å². The second-order valence-corrected chi connectivity index (χ2v) is 5.97. The molecular weight excluding hydrogens is 323 g/mol. The van der Waals surface area contributed by atoms with E-state index in [0.29, 0.717) is 6.07 Å². The van der Waals surface area contributed by atoms with Crippen molar-refractivity contribution >= 4 is 33.3 Å². The maximum Gasteiger partial charge on any atom is 0.335 e. The van der Waals surface area contributed by atoms with E-state index in [1.54, 1.807) is 0 Å². The van der Waals surface area contributed by atoms with E-state index < -0.39 is 26.7 Å². The van der Waals surface area contributed by atoms with Gasteiger partial charge >= 0.3 is 5.97 Å². The van der Waals surface area contributed by atoms with Crippen LogP contribution in [0, 0.1) is 5.82 Å². The van der Waals surface area contributed by atoms with E-state index in [4.69, 9.17) is 16.7 Å². The number of sulfonamides is 1. The molecule has 6 nitrogen and oxygen atoms in total. The van der Waals surface area contributed by atoms with Crippen molar-refractivity contribution in [2.45, 2.75) is 4.90 Å². The predicted octanol–water partition coefficient (Wildman–Crippen LogP) is 2.37. The molecule has 0 aliphatic rings. The van der Waals surface area contributed by atoms with Gasteiger partial charge in [-0.3, -0.25) is 9.71 Å². The third-order valence-corrected chi connectivity index (χ3v) is 4.21. The van der Waals surface area contributed by atoms with Crippen molar-refractivity contribution in [2.75, 3.05) is 4.72 Å². The average molecular weight is 331 g/mol. The fourth-order valence-electron chi connectivity index (χ4n) is 1.50. The Morgan fingerprint density at radius 1 is 1.33 bits per heavy atom. The Morgan fingerprint density at radius 2 is 2.05 bits per heavy atom. The van der Waals surface area contributed by atoms with Gasteiger partial charge in [-0.05, 0) is 24.3 Å². The van der Waals surface area contributed by atoms with E-state index >= 15 is 0 Å². The van der Waals surface area contributed by atoms with Crippen molar-refractivity contribution in [3.8, 4) is 0 Å². The molecule has 110 valence electrons. The smallest absolute Gasteiger partial charge is 0.335 e. The first-order chi connectivity index (χ1) is 9.81. The van der Waals surface area contributed by atoms with Gasteiger partial charge in [-0.1, -0.05) is 11.6 Å². The summed E-state index contributed by atoms with van der Waals surface area (Å²) in [4.78, 5) is 13.7. The third-order valence-electron chi connectivity index (χ3n) is 2.48. The number of benzene rings is 1. The number of aromatic nitrogens is 1. The zero-order chi connectivity index (χ0) is 15.6. The van der Waals surface area contributed by atoms with Gasteiger partial charge in [0.25, 0.3) is 10.0 Å². The Hall–Kier alpha value is -2.19. The summed E-state index contributed by atoms with van der Waals surface area (Å²) in [6.07, 6.45) is 2.53. The fourth-order valence-corrected chi connectivity index (χ4v) is 2.84. The minimum atomic E-state index is -4.25. The van der Waals surface area contributed by atoms with Crippen LogP contribution in [0.5, 0.6) is 0 Å². The Balaban J connectivity index is 2.41. The van der Waals surface area contributed by atoms with Crippen molar-refractivity contribution < 1.29 is 22.7 Å².